The van der Waals surface area contributed by atoms with Gasteiger partial charge in [0.25, 0.3) is 0 Å². The number of Topliss-reactive ketones (excluding diaryl/α,β-unsaturated/α-hetero) is 1. The molecule has 0 spiro atoms. The Labute approximate surface area is 127 Å². The summed E-state index contributed by atoms with van der Waals surface area (Å²) in [5.41, 5.74) is 0.934. The number of rotatable bonds is 3. The number of benzene rings is 1. The minimum atomic E-state index is -0.443. The summed E-state index contributed by atoms with van der Waals surface area (Å²) in [5, 5.41) is 0. The normalized spacial score (nSPS) is 26.5. The highest BCUT2D eigenvalue weighted by Crippen LogP contribution is 2.34. The molecule has 0 N–H and O–H groups in total. The molecule has 5 heteroatoms. The van der Waals surface area contributed by atoms with E-state index in [-0.39, 0.29) is 29.9 Å². The Morgan fingerprint density at radius 3 is 2.57 bits per heavy atom. The van der Waals surface area contributed by atoms with Crippen LogP contribution in [0.15, 0.2) is 30.3 Å². The Balaban J connectivity index is 1.74. The first-order chi connectivity index (χ1) is 10.2. The monoisotopic (exact) mass is 303 g/mol. The third-order valence-electron chi connectivity index (χ3n) is 4.15. The van der Waals surface area contributed by atoms with Gasteiger partial charge in [-0.1, -0.05) is 30.3 Å². The molecular formula is C16H17NO3S. The van der Waals surface area contributed by atoms with Crippen LogP contribution in [-0.2, 0) is 20.9 Å². The largest absolute Gasteiger partial charge is 0.299 e. The standard InChI is InChI=1S/C16H17NO3S/c18-14-6-7-21-10-13(14)12-8-15(19)17(16(12)20)9-11-4-2-1-3-5-11/h1-5,12-13H,6-10H2/t12-,13?/m1/s1. The highest BCUT2D eigenvalue weighted by Gasteiger charge is 2.45. The van der Waals surface area contributed by atoms with Gasteiger partial charge in [-0.2, -0.15) is 11.8 Å². The van der Waals surface area contributed by atoms with Crippen molar-refractivity contribution in [3.05, 3.63) is 35.9 Å². The van der Waals surface area contributed by atoms with Gasteiger partial charge in [0.15, 0.2) is 0 Å². The number of carbonyl (C=O) groups is 3. The van der Waals surface area contributed by atoms with Crippen LogP contribution >= 0.6 is 11.8 Å². The van der Waals surface area contributed by atoms with E-state index >= 15 is 0 Å². The van der Waals surface area contributed by atoms with E-state index < -0.39 is 5.92 Å². The maximum atomic E-state index is 12.5. The smallest absolute Gasteiger partial charge is 0.233 e. The van der Waals surface area contributed by atoms with Gasteiger partial charge in [-0.3, -0.25) is 19.3 Å². The summed E-state index contributed by atoms with van der Waals surface area (Å²) < 4.78 is 0. The van der Waals surface area contributed by atoms with Crippen molar-refractivity contribution in [1.82, 2.24) is 4.90 Å². The number of nitrogens with zero attached hydrogens (tertiary/aromatic N) is 1. The van der Waals surface area contributed by atoms with Crippen LogP contribution in [0, 0.1) is 11.8 Å². The summed E-state index contributed by atoms with van der Waals surface area (Å²) in [6, 6.07) is 9.47. The fourth-order valence-electron chi connectivity index (χ4n) is 2.96. The third kappa shape index (κ3) is 2.88. The van der Waals surface area contributed by atoms with E-state index in [1.165, 1.54) is 4.90 Å². The van der Waals surface area contributed by atoms with Gasteiger partial charge >= 0.3 is 0 Å². The second-order valence-electron chi connectivity index (χ2n) is 5.51. The number of imide groups is 1. The quantitative estimate of drug-likeness (QED) is 0.800. The first-order valence-corrected chi connectivity index (χ1v) is 8.31. The zero-order valence-electron chi connectivity index (χ0n) is 11.7. The molecule has 2 amide bonds. The van der Waals surface area contributed by atoms with Gasteiger partial charge in [0.1, 0.15) is 5.78 Å². The number of hydrogen-bond acceptors (Lipinski definition) is 4. The molecule has 2 aliphatic rings. The van der Waals surface area contributed by atoms with Gasteiger partial charge in [0.2, 0.25) is 11.8 Å². The van der Waals surface area contributed by atoms with E-state index in [1.807, 2.05) is 30.3 Å². The predicted octanol–water partition coefficient (Wildman–Crippen LogP) is 1.88. The fourth-order valence-corrected chi connectivity index (χ4v) is 4.14. The molecule has 0 radical (unpaired) electrons. The summed E-state index contributed by atoms with van der Waals surface area (Å²) in [4.78, 5) is 38.0. The fraction of sp³-hybridized carbons (Fsp3) is 0.438. The van der Waals surface area contributed by atoms with Crippen LogP contribution in [0.5, 0.6) is 0 Å². The highest BCUT2D eigenvalue weighted by molar-refractivity contribution is 7.99. The zero-order valence-corrected chi connectivity index (χ0v) is 12.5. The first kappa shape index (κ1) is 14.3. The molecule has 0 aliphatic carbocycles. The molecule has 0 bridgehead atoms. The Morgan fingerprint density at radius 2 is 1.86 bits per heavy atom. The lowest BCUT2D eigenvalue weighted by Crippen LogP contribution is -2.36. The summed E-state index contributed by atoms with van der Waals surface area (Å²) in [7, 11) is 0. The average molecular weight is 303 g/mol. The number of thioether (sulfide) groups is 1. The molecule has 2 saturated heterocycles. The lowest BCUT2D eigenvalue weighted by Gasteiger charge is -2.24. The van der Waals surface area contributed by atoms with Crippen LogP contribution < -0.4 is 0 Å². The summed E-state index contributed by atoms with van der Waals surface area (Å²) in [6.07, 6.45) is 0.703. The summed E-state index contributed by atoms with van der Waals surface area (Å²) >= 11 is 1.70. The van der Waals surface area contributed by atoms with E-state index in [9.17, 15) is 14.4 Å². The Bertz CT molecular complexity index is 572. The SMILES string of the molecule is O=C1CCSCC1[C@H]1CC(=O)N(Cc2ccccc2)C1=O. The number of hydrogen-bond donors (Lipinski definition) is 0. The molecular weight excluding hydrogens is 286 g/mol. The lowest BCUT2D eigenvalue weighted by atomic mass is 9.87. The van der Waals surface area contributed by atoms with Crippen molar-refractivity contribution in [3.63, 3.8) is 0 Å². The van der Waals surface area contributed by atoms with Gasteiger partial charge in [0.05, 0.1) is 12.5 Å². The highest BCUT2D eigenvalue weighted by atomic mass is 32.2. The first-order valence-electron chi connectivity index (χ1n) is 7.15. The Kier molecular flexibility index (Phi) is 4.10. The second kappa shape index (κ2) is 6.02. The third-order valence-corrected chi connectivity index (χ3v) is 5.24. The molecule has 0 aromatic heterocycles. The van der Waals surface area contributed by atoms with Gasteiger partial charge in [0, 0.05) is 30.3 Å². The van der Waals surface area contributed by atoms with Crippen LogP contribution in [-0.4, -0.2) is 34.0 Å². The minimum absolute atomic E-state index is 0.140. The van der Waals surface area contributed by atoms with Crippen molar-refractivity contribution in [2.24, 2.45) is 11.8 Å². The van der Waals surface area contributed by atoms with Crippen molar-refractivity contribution < 1.29 is 14.4 Å². The molecule has 1 aromatic rings. The Hall–Kier alpha value is -1.62. The van der Waals surface area contributed by atoms with Crippen LogP contribution in [0.3, 0.4) is 0 Å². The van der Waals surface area contributed by atoms with Crippen LogP contribution in [0.2, 0.25) is 0 Å². The zero-order chi connectivity index (χ0) is 14.8. The van der Waals surface area contributed by atoms with Crippen LogP contribution in [0.1, 0.15) is 18.4 Å². The second-order valence-corrected chi connectivity index (χ2v) is 6.66. The van der Waals surface area contributed by atoms with Gasteiger partial charge in [-0.25, -0.2) is 0 Å². The van der Waals surface area contributed by atoms with Gasteiger partial charge in [-0.15, -0.1) is 0 Å². The molecule has 3 rings (SSSR count). The number of carbonyl (C=O) groups excluding carboxylic acids is 3. The van der Waals surface area contributed by atoms with Crippen molar-refractivity contribution in [2.75, 3.05) is 11.5 Å². The number of likely N-dealkylation sites (tertiary alicyclic amines) is 1. The number of amides is 2. The molecule has 21 heavy (non-hydrogen) atoms. The lowest BCUT2D eigenvalue weighted by molar-refractivity contribution is -0.141. The van der Waals surface area contributed by atoms with Crippen molar-refractivity contribution >= 4 is 29.4 Å². The van der Waals surface area contributed by atoms with E-state index in [0.717, 1.165) is 11.3 Å². The van der Waals surface area contributed by atoms with Crippen molar-refractivity contribution in [2.45, 2.75) is 19.4 Å². The number of ketones is 1. The molecule has 2 aliphatic heterocycles. The van der Waals surface area contributed by atoms with E-state index in [2.05, 4.69) is 0 Å². The molecule has 2 atom stereocenters. The molecule has 2 fully saturated rings. The van der Waals surface area contributed by atoms with Gasteiger partial charge in [-0.05, 0) is 5.56 Å². The molecule has 4 nitrogen and oxygen atoms in total. The maximum absolute atomic E-state index is 12.5. The molecule has 0 saturated carbocycles. The van der Waals surface area contributed by atoms with E-state index in [0.29, 0.717) is 18.7 Å². The molecule has 1 unspecified atom stereocenters. The van der Waals surface area contributed by atoms with Crippen LogP contribution in [0.4, 0.5) is 0 Å². The molecule has 1 aromatic carbocycles. The van der Waals surface area contributed by atoms with E-state index in [4.69, 9.17) is 0 Å². The van der Waals surface area contributed by atoms with Crippen molar-refractivity contribution in [1.29, 1.82) is 0 Å². The summed E-state index contributed by atoms with van der Waals surface area (Å²) in [5.74, 6) is 0.588. The predicted molar refractivity (Wildman–Crippen MR) is 80.5 cm³/mol. The average Bonchev–Trinajstić information content (AvgIpc) is 2.77. The maximum Gasteiger partial charge on any atom is 0.233 e. The van der Waals surface area contributed by atoms with E-state index in [1.54, 1.807) is 11.8 Å². The minimum Gasteiger partial charge on any atom is -0.299 e. The summed E-state index contributed by atoms with van der Waals surface area (Å²) in [6.45, 7) is 0.309. The Morgan fingerprint density at radius 1 is 1.10 bits per heavy atom. The molecule has 110 valence electrons. The van der Waals surface area contributed by atoms with Crippen LogP contribution in [0.25, 0.3) is 0 Å². The molecule has 2 heterocycles. The van der Waals surface area contributed by atoms with Crippen molar-refractivity contribution in [3.8, 4) is 0 Å². The van der Waals surface area contributed by atoms with Gasteiger partial charge < -0.3 is 0 Å². The topological polar surface area (TPSA) is 54.5 Å².